The average Bonchev–Trinajstić information content (AvgIpc) is 2.97. The number of carbonyl (C=O) groups excluding carboxylic acids is 1. The van der Waals surface area contributed by atoms with E-state index in [9.17, 15) is 4.79 Å². The first-order valence-electron chi connectivity index (χ1n) is 8.74. The van der Waals surface area contributed by atoms with Gasteiger partial charge < -0.3 is 16.0 Å². The Bertz CT molecular complexity index is 921. The largest absolute Gasteiger partial charge is 0.368 e. The monoisotopic (exact) mass is 365 g/mol. The third-order valence-corrected chi connectivity index (χ3v) is 3.80. The van der Waals surface area contributed by atoms with Crippen LogP contribution in [-0.2, 0) is 0 Å². The van der Waals surface area contributed by atoms with Crippen LogP contribution in [0.5, 0.6) is 0 Å². The van der Waals surface area contributed by atoms with Crippen molar-refractivity contribution in [3.8, 4) is 5.82 Å². The zero-order valence-corrected chi connectivity index (χ0v) is 15.7. The van der Waals surface area contributed by atoms with Crippen LogP contribution in [0, 0.1) is 20.8 Å². The van der Waals surface area contributed by atoms with E-state index in [4.69, 9.17) is 0 Å². The molecule has 0 atom stereocenters. The summed E-state index contributed by atoms with van der Waals surface area (Å²) in [5, 5.41) is 13.2. The molecule has 0 bridgehead atoms. The average molecular weight is 365 g/mol. The summed E-state index contributed by atoms with van der Waals surface area (Å²) in [6.07, 6.45) is 0. The van der Waals surface area contributed by atoms with Gasteiger partial charge in [0, 0.05) is 30.5 Å². The number of amides is 2. The van der Waals surface area contributed by atoms with Gasteiger partial charge in [0.05, 0.1) is 5.69 Å². The molecule has 2 amide bonds. The second-order valence-electron chi connectivity index (χ2n) is 6.17. The van der Waals surface area contributed by atoms with Crippen LogP contribution < -0.4 is 16.0 Å². The van der Waals surface area contributed by atoms with Gasteiger partial charge in [-0.2, -0.15) is 5.10 Å². The number of carbonyl (C=O) groups is 1. The van der Waals surface area contributed by atoms with Gasteiger partial charge in [0.15, 0.2) is 5.82 Å². The zero-order chi connectivity index (χ0) is 19.2. The van der Waals surface area contributed by atoms with Crippen LogP contribution in [0.3, 0.4) is 0 Å². The molecule has 0 radical (unpaired) electrons. The van der Waals surface area contributed by atoms with E-state index in [0.29, 0.717) is 30.5 Å². The second-order valence-corrected chi connectivity index (χ2v) is 6.17. The Balaban J connectivity index is 1.54. The predicted octanol–water partition coefficient (Wildman–Crippen LogP) is 2.82. The number of anilines is 2. The Morgan fingerprint density at radius 2 is 1.81 bits per heavy atom. The van der Waals surface area contributed by atoms with Crippen molar-refractivity contribution in [3.63, 3.8) is 0 Å². The van der Waals surface area contributed by atoms with Gasteiger partial charge >= 0.3 is 6.03 Å². The molecule has 3 N–H and O–H groups in total. The molecule has 0 aliphatic rings. The Kier molecular flexibility index (Phi) is 5.65. The highest BCUT2D eigenvalue weighted by Crippen LogP contribution is 2.13. The van der Waals surface area contributed by atoms with Crippen molar-refractivity contribution in [3.05, 3.63) is 59.7 Å². The summed E-state index contributed by atoms with van der Waals surface area (Å²) in [5.74, 6) is 2.05. The zero-order valence-electron chi connectivity index (χ0n) is 15.7. The van der Waals surface area contributed by atoms with E-state index in [0.717, 1.165) is 17.1 Å². The fourth-order valence-electron chi connectivity index (χ4n) is 2.68. The van der Waals surface area contributed by atoms with E-state index in [1.165, 1.54) is 0 Å². The molecule has 0 aliphatic heterocycles. The molecule has 8 nitrogen and oxygen atoms in total. The Hall–Kier alpha value is -3.42. The fourth-order valence-corrected chi connectivity index (χ4v) is 2.68. The van der Waals surface area contributed by atoms with Gasteiger partial charge in [-0.15, -0.1) is 0 Å². The van der Waals surface area contributed by atoms with Crippen LogP contribution >= 0.6 is 0 Å². The van der Waals surface area contributed by atoms with Crippen molar-refractivity contribution >= 4 is 17.5 Å². The van der Waals surface area contributed by atoms with Gasteiger partial charge in [-0.3, -0.25) is 0 Å². The first-order chi connectivity index (χ1) is 13.0. The molecule has 0 aliphatic carbocycles. The smallest absolute Gasteiger partial charge is 0.319 e. The van der Waals surface area contributed by atoms with E-state index in [1.54, 1.807) is 4.68 Å². The van der Waals surface area contributed by atoms with Crippen LogP contribution in [0.1, 0.15) is 17.2 Å². The molecule has 8 heteroatoms. The molecular formula is C19H23N7O. The van der Waals surface area contributed by atoms with Gasteiger partial charge in [0.25, 0.3) is 0 Å². The number of rotatable bonds is 6. The Labute approximate surface area is 158 Å². The summed E-state index contributed by atoms with van der Waals surface area (Å²) in [4.78, 5) is 20.7. The van der Waals surface area contributed by atoms with Crippen molar-refractivity contribution in [2.75, 3.05) is 23.7 Å². The molecule has 27 heavy (non-hydrogen) atoms. The maximum absolute atomic E-state index is 11.9. The molecular weight excluding hydrogens is 342 g/mol. The number of nitrogens with zero attached hydrogens (tertiary/aromatic N) is 4. The summed E-state index contributed by atoms with van der Waals surface area (Å²) >= 11 is 0. The van der Waals surface area contributed by atoms with Crippen LogP contribution in [-0.4, -0.2) is 38.9 Å². The number of aromatic nitrogens is 4. The molecule has 0 unspecified atom stereocenters. The third-order valence-electron chi connectivity index (χ3n) is 3.80. The molecule has 0 saturated heterocycles. The van der Waals surface area contributed by atoms with Crippen molar-refractivity contribution in [1.82, 2.24) is 25.1 Å². The molecule has 0 saturated carbocycles. The molecule has 140 valence electrons. The van der Waals surface area contributed by atoms with E-state index in [-0.39, 0.29) is 6.03 Å². The van der Waals surface area contributed by atoms with Gasteiger partial charge in [0.1, 0.15) is 11.6 Å². The first kappa shape index (κ1) is 18.4. The summed E-state index contributed by atoms with van der Waals surface area (Å²) in [5.41, 5.74) is 2.70. The van der Waals surface area contributed by atoms with Crippen LogP contribution in [0.4, 0.5) is 16.3 Å². The first-order valence-corrected chi connectivity index (χ1v) is 8.74. The lowest BCUT2D eigenvalue weighted by Crippen LogP contribution is -2.32. The Morgan fingerprint density at radius 3 is 2.52 bits per heavy atom. The van der Waals surface area contributed by atoms with Gasteiger partial charge in [-0.1, -0.05) is 18.2 Å². The van der Waals surface area contributed by atoms with Crippen LogP contribution in [0.15, 0.2) is 42.5 Å². The van der Waals surface area contributed by atoms with Gasteiger partial charge in [0.2, 0.25) is 0 Å². The van der Waals surface area contributed by atoms with E-state index in [1.807, 2.05) is 63.2 Å². The lowest BCUT2D eigenvalue weighted by Gasteiger charge is -2.11. The van der Waals surface area contributed by atoms with E-state index in [2.05, 4.69) is 31.0 Å². The molecule has 0 spiro atoms. The number of hydrogen-bond acceptors (Lipinski definition) is 5. The lowest BCUT2D eigenvalue weighted by atomic mass is 10.3. The highest BCUT2D eigenvalue weighted by atomic mass is 16.2. The van der Waals surface area contributed by atoms with E-state index >= 15 is 0 Å². The molecule has 3 aromatic rings. The highest BCUT2D eigenvalue weighted by Gasteiger charge is 2.08. The number of urea groups is 1. The second kappa shape index (κ2) is 8.31. The minimum absolute atomic E-state index is 0.245. The summed E-state index contributed by atoms with van der Waals surface area (Å²) < 4.78 is 1.79. The number of benzene rings is 1. The van der Waals surface area contributed by atoms with Gasteiger partial charge in [-0.05, 0) is 39.0 Å². The van der Waals surface area contributed by atoms with Crippen LogP contribution in [0.2, 0.25) is 0 Å². The maximum Gasteiger partial charge on any atom is 0.319 e. The quantitative estimate of drug-likeness (QED) is 0.584. The summed E-state index contributed by atoms with van der Waals surface area (Å²) in [6, 6.07) is 12.9. The SMILES string of the molecule is Cc1cc(C)n(-c2cc(NCCNC(=O)Nc3ccccc3)nc(C)n2)n1. The normalized spacial score (nSPS) is 10.5. The number of nitrogens with one attached hydrogen (secondary N) is 3. The van der Waals surface area contributed by atoms with Gasteiger partial charge in [-0.25, -0.2) is 19.4 Å². The number of para-hydroxylation sites is 1. The molecule has 1 aromatic carbocycles. The standard InChI is InChI=1S/C19H23N7O/c1-13-11-14(2)26(25-13)18-12-17(22-15(3)23-18)20-9-10-21-19(27)24-16-7-5-4-6-8-16/h4-8,11-12H,9-10H2,1-3H3,(H,20,22,23)(H2,21,24,27). The minimum atomic E-state index is -0.245. The highest BCUT2D eigenvalue weighted by molar-refractivity contribution is 5.89. The summed E-state index contributed by atoms with van der Waals surface area (Å²) in [7, 11) is 0. The van der Waals surface area contributed by atoms with Crippen molar-refractivity contribution < 1.29 is 4.79 Å². The number of aryl methyl sites for hydroxylation is 3. The topological polar surface area (TPSA) is 96.8 Å². The van der Waals surface area contributed by atoms with E-state index < -0.39 is 0 Å². The van der Waals surface area contributed by atoms with Crippen molar-refractivity contribution in [2.24, 2.45) is 0 Å². The van der Waals surface area contributed by atoms with Crippen molar-refractivity contribution in [2.45, 2.75) is 20.8 Å². The molecule has 2 heterocycles. The molecule has 0 fully saturated rings. The number of hydrogen-bond donors (Lipinski definition) is 3. The third kappa shape index (κ3) is 5.04. The minimum Gasteiger partial charge on any atom is -0.368 e. The summed E-state index contributed by atoms with van der Waals surface area (Å²) in [6.45, 7) is 6.76. The van der Waals surface area contributed by atoms with Crippen LogP contribution in [0.25, 0.3) is 5.82 Å². The maximum atomic E-state index is 11.9. The lowest BCUT2D eigenvalue weighted by molar-refractivity contribution is 0.252. The Morgan fingerprint density at radius 1 is 1.04 bits per heavy atom. The fraction of sp³-hybridized carbons (Fsp3) is 0.263. The van der Waals surface area contributed by atoms with Crippen molar-refractivity contribution in [1.29, 1.82) is 0 Å². The predicted molar refractivity (Wildman–Crippen MR) is 105 cm³/mol. The molecule has 2 aromatic heterocycles. The molecule has 3 rings (SSSR count).